The summed E-state index contributed by atoms with van der Waals surface area (Å²) in [6.07, 6.45) is 3.70. The van der Waals surface area contributed by atoms with Gasteiger partial charge in [-0.3, -0.25) is 9.98 Å². The molecule has 0 aliphatic heterocycles. The smallest absolute Gasteiger partial charge is 0.193 e. The molecule has 2 rings (SSSR count). The number of anilines is 1. The molecule has 0 saturated heterocycles. The number of aryl methyl sites for hydroxylation is 2. The van der Waals surface area contributed by atoms with Crippen LogP contribution in [0.2, 0.25) is 0 Å². The maximum atomic E-state index is 6.06. The first kappa shape index (κ1) is 20.4. The van der Waals surface area contributed by atoms with Gasteiger partial charge in [-0.25, -0.2) is 0 Å². The van der Waals surface area contributed by atoms with Crippen LogP contribution >= 0.6 is 24.0 Å². The molecule has 1 aromatic heterocycles. The Morgan fingerprint density at radius 2 is 1.88 bits per heavy atom. The van der Waals surface area contributed by atoms with Crippen molar-refractivity contribution < 1.29 is 0 Å². The quantitative estimate of drug-likeness (QED) is 0.411. The summed E-state index contributed by atoms with van der Waals surface area (Å²) in [7, 11) is 0. The fourth-order valence-corrected chi connectivity index (χ4v) is 2.73. The molecule has 0 bridgehead atoms. The van der Waals surface area contributed by atoms with E-state index in [2.05, 4.69) is 67.3 Å². The zero-order chi connectivity index (χ0) is 16.8. The number of nitrogens with two attached hydrogens (primary N) is 1. The van der Waals surface area contributed by atoms with Gasteiger partial charge in [0.15, 0.2) is 5.96 Å². The number of aliphatic imine (C=N–C) groups is 1. The summed E-state index contributed by atoms with van der Waals surface area (Å²) >= 11 is 0. The predicted octanol–water partition coefficient (Wildman–Crippen LogP) is 4.48. The van der Waals surface area contributed by atoms with E-state index in [0.29, 0.717) is 24.3 Å². The molecule has 0 radical (unpaired) electrons. The van der Waals surface area contributed by atoms with Gasteiger partial charge in [0.2, 0.25) is 0 Å². The Bertz CT molecular complexity index is 648. The van der Waals surface area contributed by atoms with E-state index in [4.69, 9.17) is 5.73 Å². The Morgan fingerprint density at radius 3 is 2.42 bits per heavy atom. The molecule has 1 unspecified atom stereocenters. The van der Waals surface area contributed by atoms with E-state index in [1.165, 1.54) is 16.7 Å². The number of aromatic nitrogens is 1. The van der Waals surface area contributed by atoms with Gasteiger partial charge in [-0.15, -0.1) is 24.0 Å². The summed E-state index contributed by atoms with van der Waals surface area (Å²) in [5.74, 6) is 1.23. The maximum absolute atomic E-state index is 6.06. The highest BCUT2D eigenvalue weighted by molar-refractivity contribution is 14.0. The molecule has 0 saturated carbocycles. The van der Waals surface area contributed by atoms with Crippen molar-refractivity contribution >= 4 is 35.6 Å². The van der Waals surface area contributed by atoms with E-state index in [-0.39, 0.29) is 24.0 Å². The second-order valence-corrected chi connectivity index (χ2v) is 6.36. The van der Waals surface area contributed by atoms with Crippen molar-refractivity contribution in [2.75, 3.05) is 11.9 Å². The summed E-state index contributed by atoms with van der Waals surface area (Å²) in [6, 6.07) is 10.3. The van der Waals surface area contributed by atoms with Gasteiger partial charge in [-0.05, 0) is 54.7 Å². The number of benzene rings is 1. The van der Waals surface area contributed by atoms with Gasteiger partial charge < -0.3 is 11.1 Å². The van der Waals surface area contributed by atoms with Gasteiger partial charge in [0.1, 0.15) is 0 Å². The van der Waals surface area contributed by atoms with Crippen LogP contribution < -0.4 is 11.1 Å². The van der Waals surface area contributed by atoms with Crippen LogP contribution in [0.5, 0.6) is 0 Å². The highest BCUT2D eigenvalue weighted by Crippen LogP contribution is 2.24. The second-order valence-electron chi connectivity index (χ2n) is 6.36. The molecular formula is C19H27IN4. The van der Waals surface area contributed by atoms with Gasteiger partial charge in [-0.1, -0.05) is 26.0 Å². The number of hydrogen-bond acceptors (Lipinski definition) is 2. The van der Waals surface area contributed by atoms with E-state index < -0.39 is 0 Å². The fraction of sp³-hybridized carbons (Fsp3) is 0.368. The van der Waals surface area contributed by atoms with Crippen LogP contribution in [0.25, 0.3) is 0 Å². The minimum Gasteiger partial charge on any atom is -0.370 e. The molecule has 0 fully saturated rings. The van der Waals surface area contributed by atoms with Gasteiger partial charge in [0, 0.05) is 30.5 Å². The van der Waals surface area contributed by atoms with E-state index in [0.717, 1.165) is 5.69 Å². The van der Waals surface area contributed by atoms with Crippen LogP contribution in [0.15, 0.2) is 47.7 Å². The van der Waals surface area contributed by atoms with Gasteiger partial charge >= 0.3 is 0 Å². The van der Waals surface area contributed by atoms with Gasteiger partial charge in [0.05, 0.1) is 0 Å². The zero-order valence-corrected chi connectivity index (χ0v) is 17.1. The highest BCUT2D eigenvalue weighted by Gasteiger charge is 2.15. The Morgan fingerprint density at radius 1 is 1.21 bits per heavy atom. The summed E-state index contributed by atoms with van der Waals surface area (Å²) in [6.45, 7) is 9.18. The van der Waals surface area contributed by atoms with Crippen molar-refractivity contribution in [2.24, 2.45) is 16.6 Å². The zero-order valence-electron chi connectivity index (χ0n) is 14.8. The highest BCUT2D eigenvalue weighted by atomic mass is 127. The molecule has 24 heavy (non-hydrogen) atoms. The molecule has 0 amide bonds. The third-order valence-electron chi connectivity index (χ3n) is 3.87. The number of guanidine groups is 1. The lowest BCUT2D eigenvalue weighted by atomic mass is 9.89. The fourth-order valence-electron chi connectivity index (χ4n) is 2.73. The molecular weight excluding hydrogens is 411 g/mol. The summed E-state index contributed by atoms with van der Waals surface area (Å²) in [5, 5.41) is 3.18. The molecule has 0 spiro atoms. The van der Waals surface area contributed by atoms with Crippen molar-refractivity contribution in [3.05, 3.63) is 59.4 Å². The Hall–Kier alpha value is -1.63. The number of hydrogen-bond donors (Lipinski definition) is 2. The first-order valence-electron chi connectivity index (χ1n) is 8.01. The number of halogens is 1. The molecule has 0 aliphatic carbocycles. The molecule has 130 valence electrons. The van der Waals surface area contributed by atoms with Crippen molar-refractivity contribution in [1.82, 2.24) is 4.98 Å². The molecule has 1 aromatic carbocycles. The summed E-state index contributed by atoms with van der Waals surface area (Å²) in [5.41, 5.74) is 10.6. The molecule has 3 N–H and O–H groups in total. The SMILES string of the molecule is Cc1cc(C)cc(NC(N)=NCC(c2cccnc2)C(C)C)c1.I. The summed E-state index contributed by atoms with van der Waals surface area (Å²) < 4.78 is 0. The van der Waals surface area contributed by atoms with Crippen LogP contribution in [-0.4, -0.2) is 17.5 Å². The number of pyridine rings is 1. The molecule has 5 heteroatoms. The number of nitrogens with zero attached hydrogens (tertiary/aromatic N) is 2. The number of rotatable bonds is 5. The van der Waals surface area contributed by atoms with Crippen molar-refractivity contribution in [3.63, 3.8) is 0 Å². The van der Waals surface area contributed by atoms with E-state index in [1.807, 2.05) is 12.3 Å². The van der Waals surface area contributed by atoms with Crippen molar-refractivity contribution in [2.45, 2.75) is 33.6 Å². The molecule has 4 nitrogen and oxygen atoms in total. The van der Waals surface area contributed by atoms with Crippen LogP contribution in [0.1, 0.15) is 36.5 Å². The average Bonchev–Trinajstić information content (AvgIpc) is 2.47. The van der Waals surface area contributed by atoms with Gasteiger partial charge in [0.25, 0.3) is 0 Å². The van der Waals surface area contributed by atoms with Crippen LogP contribution in [0, 0.1) is 19.8 Å². The van der Waals surface area contributed by atoms with Crippen molar-refractivity contribution in [1.29, 1.82) is 0 Å². The number of nitrogens with one attached hydrogen (secondary N) is 1. The lowest BCUT2D eigenvalue weighted by molar-refractivity contribution is 0.506. The normalized spacial score (nSPS) is 12.6. The topological polar surface area (TPSA) is 63.3 Å². The molecule has 0 aliphatic rings. The van der Waals surface area contributed by atoms with Gasteiger partial charge in [-0.2, -0.15) is 0 Å². The van der Waals surface area contributed by atoms with Crippen LogP contribution in [-0.2, 0) is 0 Å². The Kier molecular flexibility index (Phi) is 8.18. The molecule has 2 aromatic rings. The average molecular weight is 438 g/mol. The first-order chi connectivity index (χ1) is 11.0. The second kappa shape index (κ2) is 9.61. The Balaban J connectivity index is 0.00000288. The largest absolute Gasteiger partial charge is 0.370 e. The molecule has 1 heterocycles. The Labute approximate surface area is 162 Å². The van der Waals surface area contributed by atoms with Crippen LogP contribution in [0.3, 0.4) is 0 Å². The third kappa shape index (κ3) is 6.11. The monoisotopic (exact) mass is 438 g/mol. The van der Waals surface area contributed by atoms with E-state index in [9.17, 15) is 0 Å². The standard InChI is InChI=1S/C19H26N4.HI/c1-13(2)18(16-6-5-7-21-11-16)12-22-19(20)23-17-9-14(3)8-15(4)10-17;/h5-11,13,18H,12H2,1-4H3,(H3,20,22,23);1H. The minimum atomic E-state index is 0. The maximum Gasteiger partial charge on any atom is 0.193 e. The minimum absolute atomic E-state index is 0. The first-order valence-corrected chi connectivity index (χ1v) is 8.01. The summed E-state index contributed by atoms with van der Waals surface area (Å²) in [4.78, 5) is 8.74. The van der Waals surface area contributed by atoms with Crippen molar-refractivity contribution in [3.8, 4) is 0 Å². The predicted molar refractivity (Wildman–Crippen MR) is 113 cm³/mol. The molecule has 1 atom stereocenters. The third-order valence-corrected chi connectivity index (χ3v) is 3.87. The van der Waals surface area contributed by atoms with Crippen LogP contribution in [0.4, 0.5) is 5.69 Å². The lowest BCUT2D eigenvalue weighted by Gasteiger charge is -2.19. The van der Waals surface area contributed by atoms with E-state index in [1.54, 1.807) is 6.20 Å². The van der Waals surface area contributed by atoms with E-state index >= 15 is 0 Å². The lowest BCUT2D eigenvalue weighted by Crippen LogP contribution is -2.24.